The van der Waals surface area contributed by atoms with E-state index in [9.17, 15) is 8.42 Å². The summed E-state index contributed by atoms with van der Waals surface area (Å²) in [5, 5.41) is 20.8. The molecule has 2 N–H and O–H groups in total. The average Bonchev–Trinajstić information content (AvgIpc) is 2.82. The lowest BCUT2D eigenvalue weighted by Gasteiger charge is -2.00. The van der Waals surface area contributed by atoms with Crippen molar-refractivity contribution in [1.29, 1.82) is 0 Å². The molecule has 0 atom stereocenters. The van der Waals surface area contributed by atoms with E-state index in [1.54, 1.807) is 0 Å². The van der Waals surface area contributed by atoms with Gasteiger partial charge in [-0.3, -0.25) is 0 Å². The molecule has 1 aromatic rings. The van der Waals surface area contributed by atoms with E-state index in [1.165, 1.54) is 0 Å². The number of rotatable bonds is 3. The molecule has 6 nitrogen and oxygen atoms in total. The Kier molecular flexibility index (Phi) is 2.13. The van der Waals surface area contributed by atoms with Crippen LogP contribution in [-0.4, -0.2) is 40.0 Å². The molecule has 0 aliphatic heterocycles. The van der Waals surface area contributed by atoms with Gasteiger partial charge in [0.25, 0.3) is 10.0 Å². The fourth-order valence-corrected chi connectivity index (χ4v) is 2.59. The second-order valence-electron chi connectivity index (χ2n) is 3.26. The maximum Gasteiger partial charge on any atom is 0.491 e. The third-order valence-corrected chi connectivity index (χ3v) is 4.12. The largest absolute Gasteiger partial charge is 0.491 e. The highest BCUT2D eigenvalue weighted by Crippen LogP contribution is 2.29. The van der Waals surface area contributed by atoms with Crippen LogP contribution < -0.4 is 5.46 Å². The van der Waals surface area contributed by atoms with Crippen LogP contribution in [0.25, 0.3) is 0 Å². The number of hydrogen-bond acceptors (Lipinski definition) is 5. The highest BCUT2D eigenvalue weighted by atomic mass is 32.2. The molecule has 8 heteroatoms. The zero-order valence-corrected chi connectivity index (χ0v) is 8.05. The molecule has 0 spiro atoms. The van der Waals surface area contributed by atoms with Crippen molar-refractivity contribution < 1.29 is 18.5 Å². The second-order valence-corrected chi connectivity index (χ2v) is 5.33. The Morgan fingerprint density at radius 2 is 2.14 bits per heavy atom. The van der Waals surface area contributed by atoms with Gasteiger partial charge in [-0.05, 0) is 12.8 Å². The SMILES string of the molecule is O=S(=O)(C1CC1)n1cc(B(O)O)cn1. The van der Waals surface area contributed by atoms with Crippen molar-refractivity contribution in [3.05, 3.63) is 12.4 Å². The Balaban J connectivity index is 2.33. The minimum absolute atomic E-state index is 0.0780. The smallest absolute Gasteiger partial charge is 0.423 e. The van der Waals surface area contributed by atoms with Crippen molar-refractivity contribution in [1.82, 2.24) is 9.19 Å². The molecule has 1 aliphatic carbocycles. The summed E-state index contributed by atoms with van der Waals surface area (Å²) >= 11 is 0. The Morgan fingerprint density at radius 1 is 1.50 bits per heavy atom. The van der Waals surface area contributed by atoms with E-state index < -0.39 is 17.1 Å². The van der Waals surface area contributed by atoms with Crippen LogP contribution in [0.2, 0.25) is 0 Å². The molecule has 0 aromatic carbocycles. The zero-order valence-electron chi connectivity index (χ0n) is 7.24. The van der Waals surface area contributed by atoms with E-state index in [2.05, 4.69) is 5.10 Å². The summed E-state index contributed by atoms with van der Waals surface area (Å²) in [7, 11) is -5.08. The van der Waals surface area contributed by atoms with E-state index in [-0.39, 0.29) is 10.7 Å². The summed E-state index contributed by atoms with van der Waals surface area (Å²) in [4.78, 5) is 0. The molecule has 1 fully saturated rings. The Morgan fingerprint density at radius 3 is 2.57 bits per heavy atom. The van der Waals surface area contributed by atoms with Crippen molar-refractivity contribution in [2.75, 3.05) is 0 Å². The lowest BCUT2D eigenvalue weighted by Crippen LogP contribution is -2.29. The van der Waals surface area contributed by atoms with Gasteiger partial charge in [-0.2, -0.15) is 9.19 Å². The van der Waals surface area contributed by atoms with Crippen molar-refractivity contribution >= 4 is 22.6 Å². The standard InChI is InChI=1S/C6H9BN2O4S/c10-7(11)5-3-8-9(4-5)14(12,13)6-1-2-6/h3-4,6,10-11H,1-2H2. The summed E-state index contributed by atoms with van der Waals surface area (Å²) in [6.45, 7) is 0. The molecule has 14 heavy (non-hydrogen) atoms. The monoisotopic (exact) mass is 216 g/mol. The lowest BCUT2D eigenvalue weighted by molar-refractivity contribution is 0.426. The van der Waals surface area contributed by atoms with Crippen LogP contribution in [0.3, 0.4) is 0 Å². The Labute approximate surface area is 81.4 Å². The van der Waals surface area contributed by atoms with Crippen LogP contribution >= 0.6 is 0 Å². The van der Waals surface area contributed by atoms with Crippen molar-refractivity contribution in [2.45, 2.75) is 18.1 Å². The van der Waals surface area contributed by atoms with Gasteiger partial charge in [0.1, 0.15) is 0 Å². The molecular weight excluding hydrogens is 207 g/mol. The first-order valence-corrected chi connectivity index (χ1v) is 5.67. The minimum Gasteiger partial charge on any atom is -0.423 e. The summed E-state index contributed by atoms with van der Waals surface area (Å²) in [6.07, 6.45) is 3.56. The van der Waals surface area contributed by atoms with Crippen LogP contribution in [0, 0.1) is 0 Å². The maximum absolute atomic E-state index is 11.6. The van der Waals surface area contributed by atoms with Gasteiger partial charge in [-0.25, -0.2) is 8.42 Å². The first kappa shape index (κ1) is 9.69. The average molecular weight is 216 g/mol. The predicted molar refractivity (Wildman–Crippen MR) is 49.4 cm³/mol. The summed E-state index contributed by atoms with van der Waals surface area (Å²) < 4.78 is 23.9. The number of nitrogens with zero attached hydrogens (tertiary/aromatic N) is 2. The number of aromatic nitrogens is 2. The van der Waals surface area contributed by atoms with Crippen molar-refractivity contribution in [3.63, 3.8) is 0 Å². The molecule has 1 heterocycles. The zero-order chi connectivity index (χ0) is 10.3. The first-order chi connectivity index (χ1) is 6.51. The van der Waals surface area contributed by atoms with Crippen molar-refractivity contribution in [3.8, 4) is 0 Å². The third-order valence-electron chi connectivity index (χ3n) is 2.08. The molecular formula is C6H9BN2O4S. The van der Waals surface area contributed by atoms with Gasteiger partial charge in [0.15, 0.2) is 0 Å². The van der Waals surface area contributed by atoms with Crippen LogP contribution in [0.1, 0.15) is 12.8 Å². The molecule has 0 radical (unpaired) electrons. The normalized spacial score (nSPS) is 17.0. The van der Waals surface area contributed by atoms with Crippen molar-refractivity contribution in [2.24, 2.45) is 0 Å². The third kappa shape index (κ3) is 1.56. The maximum atomic E-state index is 11.6. The Bertz CT molecular complexity index is 436. The first-order valence-electron chi connectivity index (χ1n) is 4.17. The van der Waals surface area contributed by atoms with Crippen LogP contribution in [0.5, 0.6) is 0 Å². The van der Waals surface area contributed by atoms with E-state index >= 15 is 0 Å². The molecule has 76 valence electrons. The Hall–Kier alpha value is -0.855. The van der Waals surface area contributed by atoms with Gasteiger partial charge < -0.3 is 10.0 Å². The van der Waals surface area contributed by atoms with Gasteiger partial charge in [-0.1, -0.05) is 0 Å². The second kappa shape index (κ2) is 3.08. The van der Waals surface area contributed by atoms with Gasteiger partial charge >= 0.3 is 7.12 Å². The highest BCUT2D eigenvalue weighted by Gasteiger charge is 2.37. The van der Waals surface area contributed by atoms with Gasteiger partial charge in [0.2, 0.25) is 0 Å². The van der Waals surface area contributed by atoms with Gasteiger partial charge in [-0.15, -0.1) is 0 Å². The van der Waals surface area contributed by atoms with Gasteiger partial charge in [0, 0.05) is 17.9 Å². The summed E-state index contributed by atoms with van der Waals surface area (Å²) in [5.74, 6) is 0. The minimum atomic E-state index is -3.40. The van der Waals surface area contributed by atoms with Crippen LogP contribution in [0.15, 0.2) is 12.4 Å². The molecule has 1 saturated carbocycles. The molecule has 1 aliphatic rings. The van der Waals surface area contributed by atoms with Crippen LogP contribution in [0.4, 0.5) is 0 Å². The molecule has 2 rings (SSSR count). The van der Waals surface area contributed by atoms with E-state index in [0.717, 1.165) is 16.5 Å². The number of hydrogen-bond donors (Lipinski definition) is 2. The molecule has 0 bridgehead atoms. The quantitative estimate of drug-likeness (QED) is 0.565. The topological polar surface area (TPSA) is 92.4 Å². The fraction of sp³-hybridized carbons (Fsp3) is 0.500. The summed E-state index contributed by atoms with van der Waals surface area (Å²) in [5.41, 5.74) is 0.0780. The summed E-state index contributed by atoms with van der Waals surface area (Å²) in [6, 6.07) is 0. The predicted octanol–water partition coefficient (Wildman–Crippen LogP) is -2.10. The van der Waals surface area contributed by atoms with E-state index in [4.69, 9.17) is 10.0 Å². The highest BCUT2D eigenvalue weighted by molar-refractivity contribution is 7.90. The molecule has 0 amide bonds. The fourth-order valence-electron chi connectivity index (χ4n) is 1.11. The van der Waals surface area contributed by atoms with E-state index in [0.29, 0.717) is 12.8 Å². The molecule has 0 unspecified atom stereocenters. The molecule has 1 aromatic heterocycles. The van der Waals surface area contributed by atoms with Crippen LogP contribution in [-0.2, 0) is 10.0 Å². The van der Waals surface area contributed by atoms with E-state index in [1.807, 2.05) is 0 Å². The molecule has 0 saturated heterocycles. The van der Waals surface area contributed by atoms with Gasteiger partial charge in [0.05, 0.1) is 5.25 Å². The lowest BCUT2D eigenvalue weighted by atomic mass is 9.83.